The number of H-pyrrole nitrogens is 1. The number of halogens is 2. The van der Waals surface area contributed by atoms with E-state index in [1.54, 1.807) is 42.5 Å². The average Bonchev–Trinajstić information content (AvgIpc) is 3.39. The lowest BCUT2D eigenvalue weighted by Gasteiger charge is -2.27. The molecule has 0 unspecified atom stereocenters. The second-order valence-corrected chi connectivity index (χ2v) is 13.3. The Kier molecular flexibility index (Phi) is 12.4. The molecule has 1 aliphatic carbocycles. The van der Waals surface area contributed by atoms with Gasteiger partial charge in [0.1, 0.15) is 23.2 Å². The molecule has 4 N–H and O–H groups in total. The van der Waals surface area contributed by atoms with Crippen LogP contribution in [0, 0.1) is 17.6 Å². The van der Waals surface area contributed by atoms with Gasteiger partial charge in [-0.2, -0.15) is 5.48 Å². The number of hydrogen-bond donors (Lipinski definition) is 4. The van der Waals surface area contributed by atoms with Crippen LogP contribution in [-0.4, -0.2) is 52.3 Å². The van der Waals surface area contributed by atoms with E-state index in [0.29, 0.717) is 47.5 Å². The summed E-state index contributed by atoms with van der Waals surface area (Å²) in [5, 5.41) is 5.89. The van der Waals surface area contributed by atoms with Crippen LogP contribution >= 0.6 is 11.3 Å². The second-order valence-electron chi connectivity index (χ2n) is 12.3. The molecule has 4 aromatic rings. The third-order valence-electron chi connectivity index (χ3n) is 8.64. The van der Waals surface area contributed by atoms with E-state index >= 15 is 0 Å². The van der Waals surface area contributed by atoms with E-state index in [1.165, 1.54) is 29.2 Å². The van der Waals surface area contributed by atoms with Crippen molar-refractivity contribution in [2.24, 2.45) is 5.92 Å². The summed E-state index contributed by atoms with van der Waals surface area (Å²) in [5.74, 6) is -1.43. The highest BCUT2D eigenvalue weighted by molar-refractivity contribution is 7.16. The summed E-state index contributed by atoms with van der Waals surface area (Å²) in [6, 6.07) is 18.3. The lowest BCUT2D eigenvalue weighted by molar-refractivity contribution is -0.140. The number of likely N-dealkylation sites (tertiary alicyclic amines) is 1. The molecule has 13 heteroatoms. The molecule has 0 spiro atoms. The number of carbonyl (C=O) groups is 3. The van der Waals surface area contributed by atoms with Crippen molar-refractivity contribution < 1.29 is 32.3 Å². The predicted octanol–water partition coefficient (Wildman–Crippen LogP) is 6.82. The van der Waals surface area contributed by atoms with Gasteiger partial charge in [0.25, 0.3) is 5.91 Å². The van der Waals surface area contributed by atoms with Crippen molar-refractivity contribution in [2.45, 2.75) is 63.5 Å². The Bertz CT molecular complexity index is 1880. The molecule has 0 bridgehead atoms. The van der Waals surface area contributed by atoms with Crippen LogP contribution in [0.5, 0.6) is 5.75 Å². The molecule has 3 atom stereocenters. The van der Waals surface area contributed by atoms with E-state index < -0.39 is 23.3 Å². The van der Waals surface area contributed by atoms with Crippen molar-refractivity contribution in [3.05, 3.63) is 106 Å². The van der Waals surface area contributed by atoms with Crippen LogP contribution in [0.1, 0.15) is 56.1 Å². The highest BCUT2D eigenvalue weighted by Gasteiger charge is 2.61. The highest BCUT2D eigenvalue weighted by Crippen LogP contribution is 2.45. The van der Waals surface area contributed by atoms with Crippen molar-refractivity contribution in [1.82, 2.24) is 20.7 Å². The molecule has 1 saturated carbocycles. The van der Waals surface area contributed by atoms with Crippen molar-refractivity contribution in [3.63, 3.8) is 0 Å². The number of aromatic amines is 1. The molecule has 10 nitrogen and oxygen atoms in total. The van der Waals surface area contributed by atoms with Crippen LogP contribution in [0.25, 0.3) is 10.2 Å². The third kappa shape index (κ3) is 9.56. The van der Waals surface area contributed by atoms with Crippen LogP contribution in [-0.2, 0) is 14.4 Å². The summed E-state index contributed by atoms with van der Waals surface area (Å²) in [4.78, 5) is 59.9. The number of anilines is 1. The number of nitrogens with zero attached hydrogens (tertiary/aromatic N) is 1. The van der Waals surface area contributed by atoms with Gasteiger partial charge in [0.2, 0.25) is 11.8 Å². The fraction of sp³-hybridized carbons (Fsp3) is 0.351. The molecule has 3 aromatic carbocycles. The number of nitrogens with one attached hydrogen (secondary N) is 4. The second kappa shape index (κ2) is 17.1. The third-order valence-corrected chi connectivity index (χ3v) is 9.49. The number of aromatic nitrogens is 1. The van der Waals surface area contributed by atoms with Gasteiger partial charge in [-0.25, -0.2) is 8.78 Å². The lowest BCUT2D eigenvalue weighted by atomic mass is 10.1. The largest absolute Gasteiger partial charge is 0.379 e. The molecule has 50 heavy (non-hydrogen) atoms. The molecular formula is C37H47F2N5O5S. The van der Waals surface area contributed by atoms with Gasteiger partial charge in [0.05, 0.1) is 16.8 Å². The molecule has 1 saturated heterocycles. The smallest absolute Gasteiger partial charge is 0.305 e. The van der Waals surface area contributed by atoms with Gasteiger partial charge < -0.3 is 25.4 Å². The lowest BCUT2D eigenvalue weighted by Crippen LogP contribution is -2.56. The molecule has 2 aliphatic rings. The monoisotopic (exact) mass is 711 g/mol. The van der Waals surface area contributed by atoms with E-state index in [4.69, 9.17) is 4.84 Å². The van der Waals surface area contributed by atoms with Crippen LogP contribution in [0.3, 0.4) is 0 Å². The fourth-order valence-corrected chi connectivity index (χ4v) is 6.64. The van der Waals surface area contributed by atoms with E-state index in [9.17, 15) is 28.0 Å². The van der Waals surface area contributed by atoms with Gasteiger partial charge in [-0.05, 0) is 80.6 Å². The Morgan fingerprint density at radius 2 is 1.86 bits per heavy atom. The van der Waals surface area contributed by atoms with E-state index in [2.05, 4.69) is 34.1 Å². The van der Waals surface area contributed by atoms with Crippen molar-refractivity contribution in [1.29, 1.82) is 0 Å². The van der Waals surface area contributed by atoms with Crippen LogP contribution in [0.2, 0.25) is 0 Å². The number of para-hydroxylation sites is 1. The zero-order valence-corrected chi connectivity index (χ0v) is 28.6. The SMILES string of the molecule is CCCCC/C=C\[C@@H]1C[C@]1(NC(=O)[C@@H]1CCCN1C(=O)CNc1cccc(F)c1)C(=O)NOc1ccccc1.O=c1[nH]c2ccc(F)cc2s1.[HH].[HH].[HH]. The van der Waals surface area contributed by atoms with Crippen molar-refractivity contribution in [2.75, 3.05) is 18.4 Å². The summed E-state index contributed by atoms with van der Waals surface area (Å²) < 4.78 is 26.7. The minimum Gasteiger partial charge on any atom is -0.379 e. The van der Waals surface area contributed by atoms with Crippen LogP contribution in [0.15, 0.2) is 89.7 Å². The number of benzene rings is 3. The maximum Gasteiger partial charge on any atom is 0.305 e. The normalized spacial score (nSPS) is 19.5. The highest BCUT2D eigenvalue weighted by atomic mass is 32.1. The number of carbonyl (C=O) groups excluding carboxylic acids is 3. The van der Waals surface area contributed by atoms with Gasteiger partial charge in [0, 0.05) is 22.4 Å². The number of thiazole rings is 1. The number of hydrogen-bond acceptors (Lipinski definition) is 7. The van der Waals surface area contributed by atoms with E-state index in [0.717, 1.165) is 37.0 Å². The van der Waals surface area contributed by atoms with Gasteiger partial charge in [-0.1, -0.05) is 67.5 Å². The minimum absolute atomic E-state index is 0. The average molecular weight is 712 g/mol. The number of amides is 3. The first-order valence-corrected chi connectivity index (χ1v) is 17.6. The van der Waals surface area contributed by atoms with Gasteiger partial charge in [-0.3, -0.25) is 19.2 Å². The number of rotatable bonds is 13. The van der Waals surface area contributed by atoms with Crippen molar-refractivity contribution >= 4 is 45.0 Å². The summed E-state index contributed by atoms with van der Waals surface area (Å²) in [7, 11) is 0. The number of allylic oxidation sites excluding steroid dienone is 1. The quantitative estimate of drug-likeness (QED) is 0.0684. The standard InChI is InChI=1S/C30H37FN4O4.C7H4FNOS.3H2/c1-2-3-4-5-7-12-22-20-30(22,29(38)34-39-25-15-8-6-9-16-25)33-28(37)26-17-11-18-35(26)27(36)21-32-24-14-10-13-23(31)19-24;8-4-1-2-5-6(3-4)11-7(10)9-5;;;/h6-10,12-16,19,22,26,32H,2-5,11,17-18,20-21H2,1H3,(H,33,37)(H,34,38);1-3H,(H,9,10);3*1H/b12-7-;;;;/t22-,26+,30-;;;;/m1..../s1. The summed E-state index contributed by atoms with van der Waals surface area (Å²) in [6.07, 6.45) is 9.97. The fourth-order valence-electron chi connectivity index (χ4n) is 5.88. The molecule has 2 fully saturated rings. The molecule has 3 amide bonds. The topological polar surface area (TPSA) is 133 Å². The first-order chi connectivity index (χ1) is 24.2. The molecular weight excluding hydrogens is 665 g/mol. The Hall–Kier alpha value is -5.04. The minimum atomic E-state index is -1.13. The Morgan fingerprint density at radius 3 is 2.64 bits per heavy atom. The molecule has 6 rings (SSSR count). The number of unbranched alkanes of at least 4 members (excludes halogenated alkanes) is 3. The number of hydroxylamine groups is 1. The number of fused-ring (bicyclic) bond motifs is 1. The maximum absolute atomic E-state index is 13.5. The molecule has 270 valence electrons. The maximum atomic E-state index is 13.5. The molecule has 1 aliphatic heterocycles. The Labute approximate surface area is 297 Å². The van der Waals surface area contributed by atoms with Gasteiger partial charge in [-0.15, -0.1) is 0 Å². The summed E-state index contributed by atoms with van der Waals surface area (Å²) >= 11 is 1.02. The molecule has 2 heterocycles. The van der Waals surface area contributed by atoms with Crippen LogP contribution in [0.4, 0.5) is 14.5 Å². The first-order valence-electron chi connectivity index (χ1n) is 16.8. The van der Waals surface area contributed by atoms with Crippen LogP contribution < -0.4 is 25.8 Å². The van der Waals surface area contributed by atoms with E-state index in [1.807, 2.05) is 12.1 Å². The first kappa shape index (κ1) is 36.2. The summed E-state index contributed by atoms with van der Waals surface area (Å²) in [5.41, 5.74) is 2.56. The summed E-state index contributed by atoms with van der Waals surface area (Å²) in [6.45, 7) is 2.53. The Morgan fingerprint density at radius 1 is 1.06 bits per heavy atom. The zero-order valence-electron chi connectivity index (χ0n) is 27.8. The van der Waals surface area contributed by atoms with Gasteiger partial charge >= 0.3 is 4.87 Å². The predicted molar refractivity (Wildman–Crippen MR) is 196 cm³/mol. The van der Waals surface area contributed by atoms with Crippen molar-refractivity contribution in [3.8, 4) is 5.75 Å². The Balaban J connectivity index is 0.000000591. The zero-order chi connectivity index (χ0) is 35.5. The van der Waals surface area contributed by atoms with Gasteiger partial charge in [0.15, 0.2) is 5.75 Å². The molecule has 0 radical (unpaired) electrons. The molecule has 1 aromatic heterocycles. The van der Waals surface area contributed by atoms with E-state index in [-0.39, 0.29) is 39.2 Å².